The molecule has 0 bridgehead atoms. The fraction of sp³-hybridized carbons (Fsp3) is 0.444. The first-order chi connectivity index (χ1) is 12.9. The van der Waals surface area contributed by atoms with Crippen LogP contribution in [0, 0.1) is 11.8 Å². The first-order valence-electron chi connectivity index (χ1n) is 8.56. The molecule has 0 aliphatic heterocycles. The minimum atomic E-state index is -0.956. The molecule has 144 valence electrons. The summed E-state index contributed by atoms with van der Waals surface area (Å²) in [6.45, 7) is 2.27. The highest BCUT2D eigenvalue weighted by molar-refractivity contribution is 5.89. The van der Waals surface area contributed by atoms with Gasteiger partial charge in [-0.15, -0.1) is 0 Å². The molecule has 27 heavy (non-hydrogen) atoms. The third-order valence-electron chi connectivity index (χ3n) is 4.72. The molecule has 1 aliphatic carbocycles. The lowest BCUT2D eigenvalue weighted by Crippen LogP contribution is -2.33. The number of carboxylic acid groups (broad SMARTS) is 1. The molecule has 1 saturated carbocycles. The number of amides is 1. The van der Waals surface area contributed by atoms with Crippen LogP contribution in [0.2, 0.25) is 0 Å². The lowest BCUT2D eigenvalue weighted by Gasteiger charge is -2.20. The summed E-state index contributed by atoms with van der Waals surface area (Å²) in [5.74, 6) is -1.13. The lowest BCUT2D eigenvalue weighted by molar-refractivity contribution is -0.142. The first-order valence-corrected chi connectivity index (χ1v) is 8.56. The number of aliphatic carboxylic acids is 1. The van der Waals surface area contributed by atoms with E-state index in [-0.39, 0.29) is 18.0 Å². The number of benzene rings is 1. The van der Waals surface area contributed by atoms with E-state index >= 15 is 0 Å². The standard InChI is InChI=1S/C18H21N3O6/c1-4-21(17(23)9-5-10(9)18(24)25)8-15-19-12-7-14(27-3)13(26-2)6-11(12)16(22)20-15/h6-7,9-10H,4-5,8H2,1-3H3,(H,24,25)(H,19,20,22)/t9-,10+/m0/s1. The smallest absolute Gasteiger partial charge is 0.307 e. The molecule has 0 saturated heterocycles. The summed E-state index contributed by atoms with van der Waals surface area (Å²) in [7, 11) is 2.97. The maximum Gasteiger partial charge on any atom is 0.307 e. The van der Waals surface area contributed by atoms with Crippen molar-refractivity contribution in [3.63, 3.8) is 0 Å². The van der Waals surface area contributed by atoms with Gasteiger partial charge in [0.15, 0.2) is 11.5 Å². The van der Waals surface area contributed by atoms with Crippen molar-refractivity contribution in [2.45, 2.75) is 19.9 Å². The van der Waals surface area contributed by atoms with Crippen LogP contribution in [0.15, 0.2) is 16.9 Å². The molecule has 2 N–H and O–H groups in total. The highest BCUT2D eigenvalue weighted by Gasteiger charge is 2.49. The molecule has 0 radical (unpaired) electrons. The van der Waals surface area contributed by atoms with E-state index < -0.39 is 17.8 Å². The summed E-state index contributed by atoms with van der Waals surface area (Å²) in [6.07, 6.45) is 0.351. The van der Waals surface area contributed by atoms with Crippen LogP contribution < -0.4 is 15.0 Å². The van der Waals surface area contributed by atoms with E-state index in [4.69, 9.17) is 14.6 Å². The van der Waals surface area contributed by atoms with Crippen molar-refractivity contribution < 1.29 is 24.2 Å². The number of aromatic amines is 1. The van der Waals surface area contributed by atoms with E-state index in [9.17, 15) is 14.4 Å². The topological polar surface area (TPSA) is 122 Å². The van der Waals surface area contributed by atoms with Crippen molar-refractivity contribution in [1.29, 1.82) is 0 Å². The molecule has 1 amide bonds. The van der Waals surface area contributed by atoms with E-state index in [0.29, 0.717) is 41.2 Å². The predicted octanol–water partition coefficient (Wildman–Crippen LogP) is 1.01. The van der Waals surface area contributed by atoms with Gasteiger partial charge in [0.2, 0.25) is 5.91 Å². The van der Waals surface area contributed by atoms with Crippen LogP contribution in [0.3, 0.4) is 0 Å². The van der Waals surface area contributed by atoms with Gasteiger partial charge >= 0.3 is 5.97 Å². The molecule has 1 heterocycles. The number of carbonyl (C=O) groups excluding carboxylic acids is 1. The van der Waals surface area contributed by atoms with Gasteiger partial charge in [-0.05, 0) is 19.4 Å². The number of fused-ring (bicyclic) bond motifs is 1. The number of hydrogen-bond donors (Lipinski definition) is 2. The average Bonchev–Trinajstić information content (AvgIpc) is 3.45. The van der Waals surface area contributed by atoms with Crippen LogP contribution in [0.5, 0.6) is 11.5 Å². The van der Waals surface area contributed by atoms with E-state index in [1.54, 1.807) is 19.1 Å². The molecule has 0 unspecified atom stereocenters. The van der Waals surface area contributed by atoms with Crippen LogP contribution in [-0.4, -0.2) is 52.6 Å². The van der Waals surface area contributed by atoms with E-state index in [1.807, 2.05) is 0 Å². The number of rotatable bonds is 7. The number of aromatic nitrogens is 2. The van der Waals surface area contributed by atoms with Crippen LogP contribution in [0.25, 0.3) is 10.9 Å². The van der Waals surface area contributed by atoms with Crippen LogP contribution >= 0.6 is 0 Å². The van der Waals surface area contributed by atoms with Crippen molar-refractivity contribution in [2.75, 3.05) is 20.8 Å². The van der Waals surface area contributed by atoms with E-state index in [0.717, 1.165) is 0 Å². The van der Waals surface area contributed by atoms with Crippen molar-refractivity contribution in [2.24, 2.45) is 11.8 Å². The van der Waals surface area contributed by atoms with Gasteiger partial charge in [-0.3, -0.25) is 14.4 Å². The molecule has 2 aromatic rings. The van der Waals surface area contributed by atoms with Gasteiger partial charge in [0, 0.05) is 12.6 Å². The molecule has 1 aromatic carbocycles. The third-order valence-corrected chi connectivity index (χ3v) is 4.72. The lowest BCUT2D eigenvalue weighted by atomic mass is 10.2. The zero-order valence-corrected chi connectivity index (χ0v) is 15.3. The SMILES string of the molecule is CCN(Cc1nc2cc(OC)c(OC)cc2c(=O)[nH]1)C(=O)[C@H]1C[C@H]1C(=O)O. The summed E-state index contributed by atoms with van der Waals surface area (Å²) in [6, 6.07) is 3.15. The second-order valence-electron chi connectivity index (χ2n) is 6.38. The molecule has 9 heteroatoms. The fourth-order valence-corrected chi connectivity index (χ4v) is 3.09. The minimum Gasteiger partial charge on any atom is -0.493 e. The van der Waals surface area contributed by atoms with Gasteiger partial charge in [0.1, 0.15) is 5.82 Å². The Hall–Kier alpha value is -3.10. The number of hydrogen-bond acceptors (Lipinski definition) is 6. The van der Waals surface area contributed by atoms with Crippen LogP contribution in [0.4, 0.5) is 0 Å². The second kappa shape index (κ2) is 7.26. The maximum absolute atomic E-state index is 12.5. The van der Waals surface area contributed by atoms with Gasteiger partial charge < -0.3 is 24.5 Å². The number of ether oxygens (including phenoxy) is 2. The average molecular weight is 375 g/mol. The molecule has 1 fully saturated rings. The van der Waals surface area contributed by atoms with Gasteiger partial charge in [0.25, 0.3) is 5.56 Å². The molecule has 1 aromatic heterocycles. The highest BCUT2D eigenvalue weighted by Crippen LogP contribution is 2.40. The Morgan fingerprint density at radius 3 is 2.48 bits per heavy atom. The molecule has 9 nitrogen and oxygen atoms in total. The fourth-order valence-electron chi connectivity index (χ4n) is 3.09. The summed E-state index contributed by atoms with van der Waals surface area (Å²) in [5, 5.41) is 9.36. The number of nitrogens with one attached hydrogen (secondary N) is 1. The number of carbonyl (C=O) groups is 2. The molecule has 2 atom stereocenters. The van der Waals surface area contributed by atoms with E-state index in [2.05, 4.69) is 9.97 Å². The normalized spacial score (nSPS) is 18.2. The largest absolute Gasteiger partial charge is 0.493 e. The van der Waals surface area contributed by atoms with Crippen molar-refractivity contribution >= 4 is 22.8 Å². The summed E-state index contributed by atoms with van der Waals surface area (Å²) in [4.78, 5) is 44.5. The summed E-state index contributed by atoms with van der Waals surface area (Å²) >= 11 is 0. The number of carboxylic acids is 1. The molecular weight excluding hydrogens is 354 g/mol. The summed E-state index contributed by atoms with van der Waals surface area (Å²) in [5.41, 5.74) is 0.0685. The van der Waals surface area contributed by atoms with Gasteiger partial charge in [-0.1, -0.05) is 0 Å². The molecule has 3 rings (SSSR count). The highest BCUT2D eigenvalue weighted by atomic mass is 16.5. The van der Waals surface area contributed by atoms with Gasteiger partial charge in [0.05, 0.1) is 43.5 Å². The number of nitrogens with zero attached hydrogens (tertiary/aromatic N) is 2. The molecular formula is C18H21N3O6. The van der Waals surface area contributed by atoms with Crippen LogP contribution in [-0.2, 0) is 16.1 Å². The third kappa shape index (κ3) is 3.57. The first kappa shape index (κ1) is 18.7. The Morgan fingerprint density at radius 1 is 1.26 bits per heavy atom. The second-order valence-corrected chi connectivity index (χ2v) is 6.38. The monoisotopic (exact) mass is 375 g/mol. The molecule has 0 spiro atoms. The van der Waals surface area contributed by atoms with Crippen molar-refractivity contribution in [3.8, 4) is 11.5 Å². The minimum absolute atomic E-state index is 0.0949. The predicted molar refractivity (Wildman–Crippen MR) is 95.8 cm³/mol. The zero-order chi connectivity index (χ0) is 19.7. The Morgan fingerprint density at radius 2 is 1.93 bits per heavy atom. The molecule has 1 aliphatic rings. The van der Waals surface area contributed by atoms with Crippen molar-refractivity contribution in [3.05, 3.63) is 28.3 Å². The number of H-pyrrole nitrogens is 1. The van der Waals surface area contributed by atoms with Crippen LogP contribution in [0.1, 0.15) is 19.2 Å². The van der Waals surface area contributed by atoms with Gasteiger partial charge in [-0.25, -0.2) is 4.98 Å². The van der Waals surface area contributed by atoms with Gasteiger partial charge in [-0.2, -0.15) is 0 Å². The van der Waals surface area contributed by atoms with Crippen molar-refractivity contribution in [1.82, 2.24) is 14.9 Å². The summed E-state index contributed by atoms with van der Waals surface area (Å²) < 4.78 is 10.4. The Balaban J connectivity index is 1.89. The quantitative estimate of drug-likeness (QED) is 0.740. The number of methoxy groups -OCH3 is 2. The Kier molecular flexibility index (Phi) is 5.02. The maximum atomic E-state index is 12.5. The Labute approximate surface area is 154 Å². The zero-order valence-electron chi connectivity index (χ0n) is 15.3. The Bertz CT molecular complexity index is 954. The van der Waals surface area contributed by atoms with E-state index in [1.165, 1.54) is 19.1 Å².